The highest BCUT2D eigenvalue weighted by molar-refractivity contribution is 6.30. The van der Waals surface area contributed by atoms with Gasteiger partial charge >= 0.3 is 0 Å². The second-order valence-electron chi connectivity index (χ2n) is 3.58. The molecule has 3 aromatic rings. The van der Waals surface area contributed by atoms with Crippen molar-refractivity contribution < 1.29 is 4.63 Å². The van der Waals surface area contributed by atoms with E-state index in [1.807, 2.05) is 48.5 Å². The van der Waals surface area contributed by atoms with E-state index in [1.165, 1.54) is 0 Å². The quantitative estimate of drug-likeness (QED) is 0.683. The fraction of sp³-hybridized carbons (Fsp3) is 0. The third-order valence-electron chi connectivity index (χ3n) is 2.39. The van der Waals surface area contributed by atoms with Gasteiger partial charge in [-0.05, 0) is 48.5 Å². The van der Waals surface area contributed by atoms with Gasteiger partial charge in [0.25, 0.3) is 0 Å². The van der Waals surface area contributed by atoms with E-state index in [9.17, 15) is 0 Å². The van der Waals surface area contributed by atoms with Crippen LogP contribution in [0.15, 0.2) is 53.2 Å². The van der Waals surface area contributed by atoms with Gasteiger partial charge in [-0.3, -0.25) is 0 Å². The first-order valence-electron chi connectivity index (χ1n) is 5.03. The number of hydrogen-bond donors (Lipinski definition) is 0. The van der Waals surface area contributed by atoms with Gasteiger partial charge in [0.2, 0.25) is 0 Å². The summed E-state index contributed by atoms with van der Waals surface area (Å²) in [5.41, 5.74) is 1.84. The molecule has 0 N–H and O–H groups in total. The van der Waals surface area contributed by atoms with Gasteiger partial charge in [-0.25, -0.2) is 4.63 Å². The SMILES string of the molecule is Clc1ccc(-n2on2-c2ccc(Cl)cc2)cc1. The molecule has 0 aliphatic heterocycles. The maximum atomic E-state index is 5.82. The zero-order chi connectivity index (χ0) is 11.8. The van der Waals surface area contributed by atoms with Crippen LogP contribution in [-0.2, 0) is 0 Å². The molecule has 1 heterocycles. The number of benzene rings is 2. The molecule has 1 aromatic heterocycles. The highest BCUT2D eigenvalue weighted by atomic mass is 35.5. The molecule has 2 aromatic carbocycles. The fourth-order valence-electron chi connectivity index (χ4n) is 1.50. The summed E-state index contributed by atoms with van der Waals surface area (Å²) in [6, 6.07) is 14.8. The van der Waals surface area contributed by atoms with Gasteiger partial charge in [-0.1, -0.05) is 32.9 Å². The molecule has 17 heavy (non-hydrogen) atoms. The fourth-order valence-corrected chi connectivity index (χ4v) is 1.75. The normalized spacial score (nSPS) is 10.9. The second kappa shape index (κ2) is 4.02. The standard InChI is InChI=1S/C12H8Cl2N2O/c13-9-1-5-11(6-2-9)15-16(17-15)12-7-3-10(14)4-8-12/h1-8H. The van der Waals surface area contributed by atoms with Crippen LogP contribution >= 0.6 is 23.2 Å². The van der Waals surface area contributed by atoms with E-state index in [0.717, 1.165) is 11.4 Å². The predicted molar refractivity (Wildman–Crippen MR) is 67.4 cm³/mol. The van der Waals surface area contributed by atoms with Crippen LogP contribution in [0.25, 0.3) is 11.4 Å². The summed E-state index contributed by atoms with van der Waals surface area (Å²) in [7, 11) is 0. The monoisotopic (exact) mass is 266 g/mol. The van der Waals surface area contributed by atoms with Crippen molar-refractivity contribution in [3.63, 3.8) is 0 Å². The van der Waals surface area contributed by atoms with Crippen LogP contribution in [0.4, 0.5) is 0 Å². The molecule has 5 heteroatoms. The molecule has 0 amide bonds. The first-order chi connectivity index (χ1) is 8.24. The van der Waals surface area contributed by atoms with E-state index in [-0.39, 0.29) is 0 Å². The minimum absolute atomic E-state index is 0.702. The largest absolute Gasteiger partial charge is 0.244 e. The smallest absolute Gasteiger partial charge is 0.106 e. The molecule has 0 bridgehead atoms. The number of hydrogen-bond acceptors (Lipinski definition) is 1. The lowest BCUT2D eigenvalue weighted by Crippen LogP contribution is -1.90. The predicted octanol–water partition coefficient (Wildman–Crippen LogP) is 4.17. The molecule has 0 fully saturated rings. The number of aromatic nitrogens is 2. The van der Waals surface area contributed by atoms with Crippen molar-refractivity contribution >= 4 is 23.2 Å². The Morgan fingerprint density at radius 1 is 0.647 bits per heavy atom. The Labute approximate surface area is 108 Å². The van der Waals surface area contributed by atoms with Crippen molar-refractivity contribution in [3.05, 3.63) is 58.6 Å². The Kier molecular flexibility index (Phi) is 2.50. The van der Waals surface area contributed by atoms with Crippen LogP contribution in [0.3, 0.4) is 0 Å². The van der Waals surface area contributed by atoms with Gasteiger partial charge < -0.3 is 0 Å². The van der Waals surface area contributed by atoms with E-state index in [4.69, 9.17) is 27.8 Å². The van der Waals surface area contributed by atoms with E-state index < -0.39 is 0 Å². The highest BCUT2D eigenvalue weighted by Crippen LogP contribution is 2.21. The molecular formula is C12H8Cl2N2O. The Bertz CT molecular complexity index is 562. The molecule has 0 saturated carbocycles. The summed E-state index contributed by atoms with van der Waals surface area (Å²) >= 11 is 11.6. The first kappa shape index (κ1) is 10.6. The molecule has 3 rings (SSSR count). The number of nitrogens with zero attached hydrogens (tertiary/aromatic N) is 2. The Morgan fingerprint density at radius 3 is 1.35 bits per heavy atom. The third kappa shape index (κ3) is 2.12. The van der Waals surface area contributed by atoms with Crippen molar-refractivity contribution in [3.8, 4) is 11.4 Å². The second-order valence-corrected chi connectivity index (χ2v) is 4.45. The van der Waals surface area contributed by atoms with Gasteiger partial charge in [-0.2, -0.15) is 0 Å². The van der Waals surface area contributed by atoms with Crippen molar-refractivity contribution in [1.29, 1.82) is 0 Å². The minimum Gasteiger partial charge on any atom is -0.244 e. The average Bonchev–Trinajstić information content (AvgIpc) is 3.11. The molecule has 0 unspecified atom stereocenters. The van der Waals surface area contributed by atoms with Crippen molar-refractivity contribution in [2.45, 2.75) is 0 Å². The molecule has 0 aliphatic carbocycles. The summed E-state index contributed by atoms with van der Waals surface area (Å²) in [4.78, 5) is 3.33. The summed E-state index contributed by atoms with van der Waals surface area (Å²) < 4.78 is 5.35. The Hall–Kier alpha value is -1.58. The van der Waals surface area contributed by atoms with Gasteiger partial charge in [-0.15, -0.1) is 0 Å². The zero-order valence-electron chi connectivity index (χ0n) is 8.68. The van der Waals surface area contributed by atoms with Crippen LogP contribution in [0, 0.1) is 0 Å². The lowest BCUT2D eigenvalue weighted by Gasteiger charge is -1.93. The van der Waals surface area contributed by atoms with Crippen LogP contribution in [0.2, 0.25) is 10.0 Å². The van der Waals surface area contributed by atoms with Crippen LogP contribution in [-0.4, -0.2) is 9.71 Å². The van der Waals surface area contributed by atoms with E-state index in [2.05, 4.69) is 0 Å². The van der Waals surface area contributed by atoms with Crippen molar-refractivity contribution in [2.75, 3.05) is 0 Å². The van der Waals surface area contributed by atoms with E-state index in [0.29, 0.717) is 10.0 Å². The number of halogens is 2. The summed E-state index contributed by atoms with van der Waals surface area (Å²) in [6.07, 6.45) is 0. The molecule has 0 aliphatic rings. The minimum atomic E-state index is 0.702. The summed E-state index contributed by atoms with van der Waals surface area (Å²) in [6.45, 7) is 0. The maximum absolute atomic E-state index is 5.82. The Balaban J connectivity index is 1.90. The average molecular weight is 267 g/mol. The highest BCUT2D eigenvalue weighted by Gasteiger charge is 2.14. The molecule has 0 saturated heterocycles. The van der Waals surface area contributed by atoms with Gasteiger partial charge in [0.1, 0.15) is 11.4 Å². The van der Waals surface area contributed by atoms with Crippen molar-refractivity contribution in [1.82, 2.24) is 9.71 Å². The van der Waals surface area contributed by atoms with Crippen molar-refractivity contribution in [2.24, 2.45) is 0 Å². The molecule has 0 radical (unpaired) electrons. The summed E-state index contributed by atoms with van der Waals surface area (Å²) in [5.74, 6) is 0. The van der Waals surface area contributed by atoms with E-state index >= 15 is 0 Å². The maximum Gasteiger partial charge on any atom is 0.106 e. The molecule has 86 valence electrons. The topological polar surface area (TPSA) is 23.0 Å². The van der Waals surface area contributed by atoms with Crippen LogP contribution in [0.5, 0.6) is 0 Å². The molecule has 3 nitrogen and oxygen atoms in total. The lowest BCUT2D eigenvalue weighted by molar-refractivity contribution is 0.475. The van der Waals surface area contributed by atoms with E-state index in [1.54, 1.807) is 9.71 Å². The first-order valence-corrected chi connectivity index (χ1v) is 5.79. The molecule has 0 atom stereocenters. The lowest BCUT2D eigenvalue weighted by atomic mass is 10.3. The number of rotatable bonds is 2. The van der Waals surface area contributed by atoms with Gasteiger partial charge in [0, 0.05) is 10.0 Å². The summed E-state index contributed by atoms with van der Waals surface area (Å²) in [5, 5.41) is 1.40. The zero-order valence-corrected chi connectivity index (χ0v) is 10.2. The third-order valence-corrected chi connectivity index (χ3v) is 2.89. The molecule has 0 spiro atoms. The Morgan fingerprint density at radius 2 is 1.00 bits per heavy atom. The van der Waals surface area contributed by atoms with Crippen LogP contribution in [0.1, 0.15) is 0 Å². The van der Waals surface area contributed by atoms with Gasteiger partial charge in [0.15, 0.2) is 0 Å². The van der Waals surface area contributed by atoms with Crippen LogP contribution < -0.4 is 0 Å². The molecular weight excluding hydrogens is 259 g/mol. The van der Waals surface area contributed by atoms with Gasteiger partial charge in [0.05, 0.1) is 0 Å².